The maximum absolute atomic E-state index is 12.0. The highest BCUT2D eigenvalue weighted by atomic mass is 35.5. The zero-order chi connectivity index (χ0) is 10.8. The van der Waals surface area contributed by atoms with E-state index in [1.165, 1.54) is 0 Å². The van der Waals surface area contributed by atoms with Crippen LogP contribution in [0.1, 0.15) is 26.2 Å². The van der Waals surface area contributed by atoms with Crippen molar-refractivity contribution in [3.63, 3.8) is 0 Å². The second kappa shape index (κ2) is 4.71. The van der Waals surface area contributed by atoms with Gasteiger partial charge in [-0.25, -0.2) is 0 Å². The highest BCUT2D eigenvalue weighted by Crippen LogP contribution is 2.24. The van der Waals surface area contributed by atoms with E-state index in [9.17, 15) is 4.79 Å². The highest BCUT2D eigenvalue weighted by Gasteiger charge is 2.34. The standard InChI is InChI=1S/C11H18ClNO2/c1-8-2-3-10(15-8)11(14)13-5-4-9(6-12)7-13/h8-10H,2-7H2,1H3. The first-order valence-corrected chi connectivity index (χ1v) is 6.24. The Hall–Kier alpha value is -0.280. The fourth-order valence-corrected chi connectivity index (χ4v) is 2.60. The molecule has 2 rings (SSSR count). The van der Waals surface area contributed by atoms with Crippen molar-refractivity contribution in [1.29, 1.82) is 0 Å². The number of rotatable bonds is 2. The van der Waals surface area contributed by atoms with Crippen LogP contribution in [0.15, 0.2) is 0 Å². The third-order valence-corrected chi connectivity index (χ3v) is 3.76. The molecule has 2 fully saturated rings. The van der Waals surface area contributed by atoms with Gasteiger partial charge in [0, 0.05) is 19.0 Å². The molecule has 0 aliphatic carbocycles. The lowest BCUT2D eigenvalue weighted by atomic mass is 10.1. The third kappa shape index (κ3) is 2.45. The van der Waals surface area contributed by atoms with Gasteiger partial charge < -0.3 is 9.64 Å². The van der Waals surface area contributed by atoms with Gasteiger partial charge in [0.2, 0.25) is 0 Å². The molecule has 0 bridgehead atoms. The van der Waals surface area contributed by atoms with Crippen LogP contribution in [0.4, 0.5) is 0 Å². The average Bonchev–Trinajstić information content (AvgIpc) is 2.84. The first-order chi connectivity index (χ1) is 7.20. The Balaban J connectivity index is 1.86. The predicted octanol–water partition coefficient (Wildman–Crippen LogP) is 1.64. The van der Waals surface area contributed by atoms with Gasteiger partial charge in [-0.15, -0.1) is 11.6 Å². The molecule has 15 heavy (non-hydrogen) atoms. The Morgan fingerprint density at radius 3 is 2.80 bits per heavy atom. The van der Waals surface area contributed by atoms with Crippen molar-refractivity contribution in [2.24, 2.45) is 5.92 Å². The van der Waals surface area contributed by atoms with Crippen molar-refractivity contribution in [2.75, 3.05) is 19.0 Å². The molecule has 0 aromatic rings. The molecule has 3 nitrogen and oxygen atoms in total. The summed E-state index contributed by atoms with van der Waals surface area (Å²) in [5.41, 5.74) is 0. The molecular formula is C11H18ClNO2. The molecular weight excluding hydrogens is 214 g/mol. The van der Waals surface area contributed by atoms with Crippen molar-refractivity contribution in [1.82, 2.24) is 4.90 Å². The fourth-order valence-electron chi connectivity index (χ4n) is 2.35. The van der Waals surface area contributed by atoms with Crippen molar-refractivity contribution < 1.29 is 9.53 Å². The lowest BCUT2D eigenvalue weighted by Crippen LogP contribution is -2.37. The van der Waals surface area contributed by atoms with Crippen LogP contribution in [0, 0.1) is 5.92 Å². The number of likely N-dealkylation sites (tertiary alicyclic amines) is 1. The summed E-state index contributed by atoms with van der Waals surface area (Å²) in [4.78, 5) is 13.9. The van der Waals surface area contributed by atoms with Gasteiger partial charge >= 0.3 is 0 Å². The molecule has 2 heterocycles. The van der Waals surface area contributed by atoms with Crippen LogP contribution in [-0.2, 0) is 9.53 Å². The van der Waals surface area contributed by atoms with Crippen molar-refractivity contribution in [3.8, 4) is 0 Å². The van der Waals surface area contributed by atoms with Crippen molar-refractivity contribution in [3.05, 3.63) is 0 Å². The molecule has 2 saturated heterocycles. The normalized spacial score (nSPS) is 36.1. The van der Waals surface area contributed by atoms with Crippen LogP contribution in [0.25, 0.3) is 0 Å². The van der Waals surface area contributed by atoms with Crippen LogP contribution >= 0.6 is 11.6 Å². The van der Waals surface area contributed by atoms with Crippen LogP contribution < -0.4 is 0 Å². The summed E-state index contributed by atoms with van der Waals surface area (Å²) in [7, 11) is 0. The quantitative estimate of drug-likeness (QED) is 0.677. The van der Waals surface area contributed by atoms with E-state index in [-0.39, 0.29) is 18.1 Å². The van der Waals surface area contributed by atoms with Gasteiger partial charge in [-0.2, -0.15) is 0 Å². The van der Waals surface area contributed by atoms with E-state index in [2.05, 4.69) is 0 Å². The second-order valence-corrected chi connectivity index (χ2v) is 4.91. The molecule has 2 aliphatic heterocycles. The number of halogens is 1. The van der Waals surface area contributed by atoms with E-state index >= 15 is 0 Å². The number of hydrogen-bond donors (Lipinski definition) is 0. The minimum absolute atomic E-state index is 0.173. The first-order valence-electron chi connectivity index (χ1n) is 5.71. The molecule has 2 aliphatic rings. The number of alkyl halides is 1. The van der Waals surface area contributed by atoms with E-state index < -0.39 is 0 Å². The van der Waals surface area contributed by atoms with Gasteiger partial charge in [0.25, 0.3) is 5.91 Å². The van der Waals surface area contributed by atoms with E-state index in [1.807, 2.05) is 11.8 Å². The van der Waals surface area contributed by atoms with Gasteiger partial charge in [-0.3, -0.25) is 4.79 Å². The lowest BCUT2D eigenvalue weighted by molar-refractivity contribution is -0.141. The van der Waals surface area contributed by atoms with E-state index in [0.717, 1.165) is 32.4 Å². The van der Waals surface area contributed by atoms with E-state index in [4.69, 9.17) is 16.3 Å². The summed E-state index contributed by atoms with van der Waals surface area (Å²) in [6, 6.07) is 0. The van der Waals surface area contributed by atoms with Gasteiger partial charge in [-0.05, 0) is 32.1 Å². The minimum atomic E-state index is -0.186. The van der Waals surface area contributed by atoms with Crippen molar-refractivity contribution >= 4 is 17.5 Å². The predicted molar refractivity (Wildman–Crippen MR) is 59.0 cm³/mol. The zero-order valence-corrected chi connectivity index (χ0v) is 9.87. The van der Waals surface area contributed by atoms with E-state index in [0.29, 0.717) is 11.8 Å². The molecule has 0 radical (unpaired) electrons. The summed E-state index contributed by atoms with van der Waals surface area (Å²) in [6.07, 6.45) is 2.97. The summed E-state index contributed by atoms with van der Waals surface area (Å²) in [5.74, 6) is 1.31. The molecule has 1 amide bonds. The summed E-state index contributed by atoms with van der Waals surface area (Å²) in [5, 5.41) is 0. The average molecular weight is 232 g/mol. The maximum Gasteiger partial charge on any atom is 0.251 e. The third-order valence-electron chi connectivity index (χ3n) is 3.32. The SMILES string of the molecule is CC1CCC(C(=O)N2CCC(CCl)C2)O1. The number of ether oxygens (including phenoxy) is 1. The Morgan fingerprint density at radius 1 is 1.47 bits per heavy atom. The summed E-state index contributed by atoms with van der Waals surface area (Å²) >= 11 is 5.79. The summed E-state index contributed by atoms with van der Waals surface area (Å²) < 4.78 is 5.58. The molecule has 0 saturated carbocycles. The van der Waals surface area contributed by atoms with Gasteiger partial charge in [0.05, 0.1) is 6.10 Å². The Kier molecular flexibility index (Phi) is 3.52. The molecule has 0 N–H and O–H groups in total. The monoisotopic (exact) mass is 231 g/mol. The smallest absolute Gasteiger partial charge is 0.251 e. The van der Waals surface area contributed by atoms with Gasteiger partial charge in [0.15, 0.2) is 0 Å². The molecule has 0 aromatic heterocycles. The number of nitrogens with zero attached hydrogens (tertiary/aromatic N) is 1. The molecule has 0 spiro atoms. The van der Waals surface area contributed by atoms with Gasteiger partial charge in [0.1, 0.15) is 6.10 Å². The Bertz CT molecular complexity index is 247. The molecule has 86 valence electrons. The van der Waals surface area contributed by atoms with Crippen LogP contribution in [-0.4, -0.2) is 42.0 Å². The number of carbonyl (C=O) groups is 1. The topological polar surface area (TPSA) is 29.5 Å². The Labute approximate surface area is 95.7 Å². The molecule has 4 heteroatoms. The van der Waals surface area contributed by atoms with Crippen LogP contribution in [0.2, 0.25) is 0 Å². The molecule has 3 unspecified atom stereocenters. The number of carbonyl (C=O) groups excluding carboxylic acids is 1. The number of hydrogen-bond acceptors (Lipinski definition) is 2. The van der Waals surface area contributed by atoms with Gasteiger partial charge in [-0.1, -0.05) is 0 Å². The molecule has 3 atom stereocenters. The minimum Gasteiger partial charge on any atom is -0.365 e. The second-order valence-electron chi connectivity index (χ2n) is 4.61. The van der Waals surface area contributed by atoms with Crippen LogP contribution in [0.5, 0.6) is 0 Å². The number of amides is 1. The fraction of sp³-hybridized carbons (Fsp3) is 0.909. The summed E-state index contributed by atoms with van der Waals surface area (Å²) in [6.45, 7) is 3.69. The zero-order valence-electron chi connectivity index (χ0n) is 9.12. The van der Waals surface area contributed by atoms with E-state index in [1.54, 1.807) is 0 Å². The Morgan fingerprint density at radius 2 is 2.27 bits per heavy atom. The molecule has 0 aromatic carbocycles. The highest BCUT2D eigenvalue weighted by molar-refractivity contribution is 6.18. The largest absolute Gasteiger partial charge is 0.365 e. The lowest BCUT2D eigenvalue weighted by Gasteiger charge is -2.20. The first kappa shape index (κ1) is 11.2. The maximum atomic E-state index is 12.0. The van der Waals surface area contributed by atoms with Crippen molar-refractivity contribution in [2.45, 2.75) is 38.4 Å². The van der Waals surface area contributed by atoms with Crippen LogP contribution in [0.3, 0.4) is 0 Å².